The Bertz CT molecular complexity index is 143. The van der Waals surface area contributed by atoms with Crippen molar-refractivity contribution < 1.29 is 0 Å². The van der Waals surface area contributed by atoms with E-state index in [1.165, 1.54) is 26.1 Å². The van der Waals surface area contributed by atoms with E-state index in [-0.39, 0.29) is 0 Å². The highest BCUT2D eigenvalue weighted by molar-refractivity contribution is 4.81. The maximum Gasteiger partial charge on any atom is 0.0134 e. The van der Waals surface area contributed by atoms with Gasteiger partial charge in [0.1, 0.15) is 0 Å². The number of allylic oxidation sites excluding steroid dienone is 1. The zero-order chi connectivity index (χ0) is 8.81. The summed E-state index contributed by atoms with van der Waals surface area (Å²) < 4.78 is 0. The molecule has 2 nitrogen and oxygen atoms in total. The molecule has 0 saturated carbocycles. The van der Waals surface area contributed by atoms with Gasteiger partial charge in [0.25, 0.3) is 0 Å². The summed E-state index contributed by atoms with van der Waals surface area (Å²) >= 11 is 0. The van der Waals surface area contributed by atoms with Crippen molar-refractivity contribution >= 4 is 0 Å². The Kier molecular flexibility index (Phi) is 4.33. The van der Waals surface area contributed by atoms with Crippen LogP contribution in [0.3, 0.4) is 0 Å². The largest absolute Gasteiger partial charge is 0.313 e. The van der Waals surface area contributed by atoms with Gasteiger partial charge in [0.05, 0.1) is 0 Å². The van der Waals surface area contributed by atoms with E-state index in [2.05, 4.69) is 36.3 Å². The first-order valence-corrected chi connectivity index (χ1v) is 4.83. The van der Waals surface area contributed by atoms with Gasteiger partial charge in [0, 0.05) is 13.1 Å². The minimum Gasteiger partial charge on any atom is -0.313 e. The Morgan fingerprint density at radius 3 is 3.00 bits per heavy atom. The molecule has 70 valence electrons. The Labute approximate surface area is 75.6 Å². The highest BCUT2D eigenvalue weighted by atomic mass is 15.1. The standard InChI is InChI=1S/C10H20N2/c1-3-4-6-11-8-10-5-7-12(2)9-10/h3-4,10-11H,5-9H2,1-2H3/b4-3+. The smallest absolute Gasteiger partial charge is 0.0134 e. The molecule has 2 heteroatoms. The van der Waals surface area contributed by atoms with Gasteiger partial charge in [-0.2, -0.15) is 0 Å². The predicted octanol–water partition coefficient (Wildman–Crippen LogP) is 1.10. The predicted molar refractivity (Wildman–Crippen MR) is 53.3 cm³/mol. The highest BCUT2D eigenvalue weighted by Crippen LogP contribution is 2.12. The first-order chi connectivity index (χ1) is 5.83. The summed E-state index contributed by atoms with van der Waals surface area (Å²) in [4.78, 5) is 2.40. The molecule has 0 bridgehead atoms. The number of likely N-dealkylation sites (tertiary alicyclic amines) is 1. The molecule has 1 N–H and O–H groups in total. The summed E-state index contributed by atoms with van der Waals surface area (Å²) in [6.07, 6.45) is 5.62. The van der Waals surface area contributed by atoms with Crippen LogP contribution in [0.1, 0.15) is 13.3 Å². The molecule has 12 heavy (non-hydrogen) atoms. The fourth-order valence-corrected chi connectivity index (χ4v) is 1.68. The van der Waals surface area contributed by atoms with Gasteiger partial charge in [-0.1, -0.05) is 12.2 Å². The van der Waals surface area contributed by atoms with Gasteiger partial charge in [-0.15, -0.1) is 0 Å². The molecule has 0 amide bonds. The molecule has 0 spiro atoms. The normalized spacial score (nSPS) is 25.7. The zero-order valence-electron chi connectivity index (χ0n) is 8.21. The summed E-state index contributed by atoms with van der Waals surface area (Å²) in [6, 6.07) is 0. The maximum absolute atomic E-state index is 3.44. The van der Waals surface area contributed by atoms with Crippen LogP contribution in [0.2, 0.25) is 0 Å². The monoisotopic (exact) mass is 168 g/mol. The molecule has 0 radical (unpaired) electrons. The van der Waals surface area contributed by atoms with E-state index < -0.39 is 0 Å². The Morgan fingerprint density at radius 2 is 2.42 bits per heavy atom. The van der Waals surface area contributed by atoms with Gasteiger partial charge in [-0.3, -0.25) is 0 Å². The molecule has 1 unspecified atom stereocenters. The van der Waals surface area contributed by atoms with Gasteiger partial charge >= 0.3 is 0 Å². The van der Waals surface area contributed by atoms with Crippen molar-refractivity contribution in [2.24, 2.45) is 5.92 Å². The van der Waals surface area contributed by atoms with Crippen LogP contribution in [0.25, 0.3) is 0 Å². The second-order valence-corrected chi connectivity index (χ2v) is 3.64. The number of nitrogens with zero attached hydrogens (tertiary/aromatic N) is 1. The Balaban J connectivity index is 2.00. The van der Waals surface area contributed by atoms with Crippen LogP contribution in [0.15, 0.2) is 12.2 Å². The summed E-state index contributed by atoms with van der Waals surface area (Å²) in [6.45, 7) is 6.80. The molecular weight excluding hydrogens is 148 g/mol. The molecule has 0 aliphatic carbocycles. The van der Waals surface area contributed by atoms with Gasteiger partial charge < -0.3 is 10.2 Å². The quantitative estimate of drug-likeness (QED) is 0.499. The summed E-state index contributed by atoms with van der Waals surface area (Å²) in [5, 5.41) is 3.44. The molecule has 1 heterocycles. The Hall–Kier alpha value is -0.340. The van der Waals surface area contributed by atoms with Crippen LogP contribution >= 0.6 is 0 Å². The molecule has 1 aliphatic heterocycles. The highest BCUT2D eigenvalue weighted by Gasteiger charge is 2.17. The fourth-order valence-electron chi connectivity index (χ4n) is 1.68. The zero-order valence-corrected chi connectivity index (χ0v) is 8.21. The fraction of sp³-hybridized carbons (Fsp3) is 0.800. The topological polar surface area (TPSA) is 15.3 Å². The van der Waals surface area contributed by atoms with Crippen molar-refractivity contribution in [1.82, 2.24) is 10.2 Å². The van der Waals surface area contributed by atoms with E-state index >= 15 is 0 Å². The summed E-state index contributed by atoms with van der Waals surface area (Å²) in [7, 11) is 2.20. The lowest BCUT2D eigenvalue weighted by atomic mass is 10.1. The van der Waals surface area contributed by atoms with Crippen LogP contribution in [0.5, 0.6) is 0 Å². The van der Waals surface area contributed by atoms with E-state index in [1.807, 2.05) is 0 Å². The van der Waals surface area contributed by atoms with Crippen molar-refractivity contribution in [3.8, 4) is 0 Å². The molecule has 0 aromatic carbocycles. The lowest BCUT2D eigenvalue weighted by Gasteiger charge is -2.10. The number of hydrogen-bond donors (Lipinski definition) is 1. The van der Waals surface area contributed by atoms with Gasteiger partial charge in [0.2, 0.25) is 0 Å². The minimum absolute atomic E-state index is 0.875. The van der Waals surface area contributed by atoms with Crippen molar-refractivity contribution in [1.29, 1.82) is 0 Å². The third-order valence-electron chi connectivity index (χ3n) is 2.42. The summed E-state index contributed by atoms with van der Waals surface area (Å²) in [5.74, 6) is 0.875. The average molecular weight is 168 g/mol. The molecule has 0 aromatic rings. The summed E-state index contributed by atoms with van der Waals surface area (Å²) in [5.41, 5.74) is 0. The second kappa shape index (κ2) is 5.33. The first-order valence-electron chi connectivity index (χ1n) is 4.83. The van der Waals surface area contributed by atoms with E-state index in [0.29, 0.717) is 0 Å². The number of nitrogens with one attached hydrogen (secondary N) is 1. The second-order valence-electron chi connectivity index (χ2n) is 3.64. The van der Waals surface area contributed by atoms with E-state index in [9.17, 15) is 0 Å². The molecule has 1 fully saturated rings. The lowest BCUT2D eigenvalue weighted by Crippen LogP contribution is -2.25. The van der Waals surface area contributed by atoms with Crippen molar-refractivity contribution in [2.45, 2.75) is 13.3 Å². The Morgan fingerprint density at radius 1 is 1.58 bits per heavy atom. The van der Waals surface area contributed by atoms with Crippen LogP contribution in [0, 0.1) is 5.92 Å². The molecule has 1 rings (SSSR count). The van der Waals surface area contributed by atoms with Crippen molar-refractivity contribution in [3.63, 3.8) is 0 Å². The van der Waals surface area contributed by atoms with Gasteiger partial charge in [0.15, 0.2) is 0 Å². The van der Waals surface area contributed by atoms with Crippen LogP contribution in [-0.2, 0) is 0 Å². The van der Waals surface area contributed by atoms with E-state index in [1.54, 1.807) is 0 Å². The van der Waals surface area contributed by atoms with Crippen molar-refractivity contribution in [3.05, 3.63) is 12.2 Å². The third-order valence-corrected chi connectivity index (χ3v) is 2.42. The third kappa shape index (κ3) is 3.37. The van der Waals surface area contributed by atoms with E-state index in [0.717, 1.165) is 12.5 Å². The van der Waals surface area contributed by atoms with Crippen LogP contribution in [-0.4, -0.2) is 38.1 Å². The SMILES string of the molecule is C/C=C/CNCC1CCN(C)C1. The molecule has 1 aliphatic rings. The lowest BCUT2D eigenvalue weighted by molar-refractivity contribution is 0.390. The number of hydrogen-bond acceptors (Lipinski definition) is 2. The van der Waals surface area contributed by atoms with E-state index in [4.69, 9.17) is 0 Å². The first kappa shape index (κ1) is 9.75. The number of rotatable bonds is 4. The van der Waals surface area contributed by atoms with Crippen LogP contribution in [0.4, 0.5) is 0 Å². The molecular formula is C10H20N2. The average Bonchev–Trinajstić information content (AvgIpc) is 2.45. The molecule has 0 aromatic heterocycles. The molecule has 1 saturated heterocycles. The molecule has 1 atom stereocenters. The maximum atomic E-state index is 3.44. The van der Waals surface area contributed by atoms with Gasteiger partial charge in [-0.05, 0) is 39.4 Å². The van der Waals surface area contributed by atoms with Crippen LogP contribution < -0.4 is 5.32 Å². The van der Waals surface area contributed by atoms with Gasteiger partial charge in [-0.25, -0.2) is 0 Å². The van der Waals surface area contributed by atoms with Crippen molar-refractivity contribution in [2.75, 3.05) is 33.2 Å². The minimum atomic E-state index is 0.875.